The smallest absolute Gasteiger partial charge is 0.272 e. The molecule has 2 amide bonds. The third-order valence-corrected chi connectivity index (χ3v) is 6.33. The van der Waals surface area contributed by atoms with Gasteiger partial charge in [-0.3, -0.25) is 9.59 Å². The molecule has 0 unspecified atom stereocenters. The minimum atomic E-state index is -0.388. The lowest BCUT2D eigenvalue weighted by Gasteiger charge is -2.12. The van der Waals surface area contributed by atoms with E-state index in [-0.39, 0.29) is 17.5 Å². The molecule has 0 spiro atoms. The molecule has 35 heavy (non-hydrogen) atoms. The van der Waals surface area contributed by atoms with E-state index in [2.05, 4.69) is 22.8 Å². The first-order valence-electron chi connectivity index (χ1n) is 11.3. The predicted octanol–water partition coefficient (Wildman–Crippen LogP) is 6.70. The van der Waals surface area contributed by atoms with Crippen LogP contribution in [0, 0.1) is 6.92 Å². The molecule has 0 heterocycles. The normalized spacial score (nSPS) is 11.1. The van der Waals surface area contributed by atoms with Crippen LogP contribution in [0.2, 0.25) is 0 Å². The van der Waals surface area contributed by atoms with E-state index in [9.17, 15) is 9.59 Å². The summed E-state index contributed by atoms with van der Waals surface area (Å²) in [6.07, 6.45) is 1.69. The molecule has 0 atom stereocenters. The van der Waals surface area contributed by atoms with Gasteiger partial charge < -0.3 is 10.6 Å². The fourth-order valence-electron chi connectivity index (χ4n) is 3.44. The Balaban J connectivity index is 1.47. The summed E-state index contributed by atoms with van der Waals surface area (Å²) in [6, 6.07) is 34.6. The highest BCUT2D eigenvalue weighted by molar-refractivity contribution is 7.98. The van der Waals surface area contributed by atoms with E-state index in [1.807, 2.05) is 79.7 Å². The molecule has 0 aromatic heterocycles. The minimum absolute atomic E-state index is 0.173. The lowest BCUT2D eigenvalue weighted by atomic mass is 10.1. The van der Waals surface area contributed by atoms with E-state index >= 15 is 0 Å². The molecule has 2 N–H and O–H groups in total. The van der Waals surface area contributed by atoms with Gasteiger partial charge in [0.1, 0.15) is 5.70 Å². The largest absolute Gasteiger partial charge is 0.321 e. The number of thioether (sulfide) groups is 1. The number of benzene rings is 4. The van der Waals surface area contributed by atoms with E-state index in [0.29, 0.717) is 11.3 Å². The van der Waals surface area contributed by atoms with E-state index < -0.39 is 0 Å². The van der Waals surface area contributed by atoms with Crippen LogP contribution in [0.25, 0.3) is 6.08 Å². The second-order valence-electron chi connectivity index (χ2n) is 8.05. The molecular formula is C30H26N2O2S. The molecule has 0 bridgehead atoms. The quantitative estimate of drug-likeness (QED) is 0.219. The summed E-state index contributed by atoms with van der Waals surface area (Å²) in [5, 5.41) is 5.68. The molecule has 0 aliphatic heterocycles. The fraction of sp³-hybridized carbons (Fsp3) is 0.0667. The van der Waals surface area contributed by atoms with Gasteiger partial charge in [0.2, 0.25) is 0 Å². The molecule has 0 aliphatic carbocycles. The minimum Gasteiger partial charge on any atom is -0.321 e. The van der Waals surface area contributed by atoms with Crippen molar-refractivity contribution in [1.82, 2.24) is 5.32 Å². The first-order chi connectivity index (χ1) is 17.1. The van der Waals surface area contributed by atoms with Gasteiger partial charge in [0.25, 0.3) is 11.8 Å². The molecule has 4 aromatic rings. The van der Waals surface area contributed by atoms with Crippen LogP contribution in [0.1, 0.15) is 27.0 Å². The number of carbonyl (C=O) groups is 2. The molecule has 0 fully saturated rings. The standard InChI is InChI=1S/C30H26N2O2S/c1-22-9-8-12-24(19-22)20-28(32-29(33)25-13-6-3-7-14-25)30(34)31-26-15-17-27(18-16-26)35-21-23-10-4-2-5-11-23/h2-20H,21H2,1H3,(H,31,34)(H,32,33)/b28-20-. The molecule has 0 saturated carbocycles. The van der Waals surface area contributed by atoms with Crippen LogP contribution in [-0.4, -0.2) is 11.8 Å². The number of rotatable bonds is 8. The van der Waals surface area contributed by atoms with Crippen LogP contribution < -0.4 is 10.6 Å². The summed E-state index contributed by atoms with van der Waals surface area (Å²) in [5.41, 5.74) is 4.47. The Morgan fingerprint density at radius 3 is 2.17 bits per heavy atom. The van der Waals surface area contributed by atoms with Crippen molar-refractivity contribution in [3.05, 3.63) is 137 Å². The first-order valence-corrected chi connectivity index (χ1v) is 12.3. The van der Waals surface area contributed by atoms with Gasteiger partial charge in [-0.15, -0.1) is 11.8 Å². The summed E-state index contributed by atoms with van der Waals surface area (Å²) >= 11 is 1.74. The number of anilines is 1. The van der Waals surface area contributed by atoms with Crippen molar-refractivity contribution < 1.29 is 9.59 Å². The molecular weight excluding hydrogens is 452 g/mol. The third kappa shape index (κ3) is 7.19. The van der Waals surface area contributed by atoms with Crippen LogP contribution in [0.15, 0.2) is 120 Å². The van der Waals surface area contributed by atoms with Crippen LogP contribution in [0.5, 0.6) is 0 Å². The van der Waals surface area contributed by atoms with Crippen LogP contribution >= 0.6 is 11.8 Å². The van der Waals surface area contributed by atoms with Gasteiger partial charge in [-0.2, -0.15) is 0 Å². The van der Waals surface area contributed by atoms with Crippen molar-refractivity contribution in [3.8, 4) is 0 Å². The number of hydrogen-bond donors (Lipinski definition) is 2. The lowest BCUT2D eigenvalue weighted by Crippen LogP contribution is -2.30. The van der Waals surface area contributed by atoms with Crippen molar-refractivity contribution in [2.75, 3.05) is 5.32 Å². The fourth-order valence-corrected chi connectivity index (χ4v) is 4.30. The van der Waals surface area contributed by atoms with Crippen molar-refractivity contribution in [3.63, 3.8) is 0 Å². The van der Waals surface area contributed by atoms with Gasteiger partial charge in [-0.05, 0) is 60.5 Å². The number of amides is 2. The maximum atomic E-state index is 13.2. The predicted molar refractivity (Wildman–Crippen MR) is 144 cm³/mol. The summed E-state index contributed by atoms with van der Waals surface area (Å²) in [4.78, 5) is 27.0. The van der Waals surface area contributed by atoms with Crippen molar-refractivity contribution >= 4 is 35.3 Å². The second kappa shape index (κ2) is 11.9. The van der Waals surface area contributed by atoms with Gasteiger partial charge in [-0.1, -0.05) is 78.4 Å². The Hall–Kier alpha value is -4.09. The van der Waals surface area contributed by atoms with Gasteiger partial charge in [0, 0.05) is 21.9 Å². The highest BCUT2D eigenvalue weighted by atomic mass is 32.2. The Morgan fingerprint density at radius 1 is 0.800 bits per heavy atom. The summed E-state index contributed by atoms with van der Waals surface area (Å²) in [6.45, 7) is 1.98. The number of carbonyl (C=O) groups excluding carboxylic acids is 2. The van der Waals surface area contributed by atoms with Crippen LogP contribution in [-0.2, 0) is 10.5 Å². The van der Waals surface area contributed by atoms with Crippen molar-refractivity contribution in [1.29, 1.82) is 0 Å². The molecule has 4 aromatic carbocycles. The molecule has 5 heteroatoms. The Bertz CT molecular complexity index is 1320. The Kier molecular flexibility index (Phi) is 8.15. The Labute approximate surface area is 210 Å². The monoisotopic (exact) mass is 478 g/mol. The maximum absolute atomic E-state index is 13.2. The lowest BCUT2D eigenvalue weighted by molar-refractivity contribution is -0.113. The van der Waals surface area contributed by atoms with E-state index in [4.69, 9.17) is 0 Å². The zero-order valence-corrected chi connectivity index (χ0v) is 20.2. The highest BCUT2D eigenvalue weighted by Crippen LogP contribution is 2.24. The molecule has 4 rings (SSSR count). The second-order valence-corrected chi connectivity index (χ2v) is 9.09. The Morgan fingerprint density at radius 2 is 1.49 bits per heavy atom. The summed E-state index contributed by atoms with van der Waals surface area (Å²) < 4.78 is 0. The highest BCUT2D eigenvalue weighted by Gasteiger charge is 2.15. The van der Waals surface area contributed by atoms with Gasteiger partial charge in [0.15, 0.2) is 0 Å². The first kappa shape index (κ1) is 24.0. The zero-order chi connectivity index (χ0) is 24.5. The molecule has 0 radical (unpaired) electrons. The van der Waals surface area contributed by atoms with Gasteiger partial charge >= 0.3 is 0 Å². The van der Waals surface area contributed by atoms with Crippen molar-refractivity contribution in [2.45, 2.75) is 17.6 Å². The third-order valence-electron chi connectivity index (χ3n) is 5.24. The summed E-state index contributed by atoms with van der Waals surface area (Å²) in [5.74, 6) is 0.148. The number of aryl methyl sites for hydroxylation is 1. The van der Waals surface area contributed by atoms with Gasteiger partial charge in [-0.25, -0.2) is 0 Å². The number of hydrogen-bond acceptors (Lipinski definition) is 3. The van der Waals surface area contributed by atoms with Crippen LogP contribution in [0.4, 0.5) is 5.69 Å². The van der Waals surface area contributed by atoms with Crippen LogP contribution in [0.3, 0.4) is 0 Å². The van der Waals surface area contributed by atoms with E-state index in [1.165, 1.54) is 5.56 Å². The molecule has 4 nitrogen and oxygen atoms in total. The molecule has 0 aliphatic rings. The molecule has 0 saturated heterocycles. The number of nitrogens with one attached hydrogen (secondary N) is 2. The average Bonchev–Trinajstić information content (AvgIpc) is 2.89. The maximum Gasteiger partial charge on any atom is 0.272 e. The SMILES string of the molecule is Cc1cccc(/C=C(\NC(=O)c2ccccc2)C(=O)Nc2ccc(SCc3ccccc3)cc2)c1. The van der Waals surface area contributed by atoms with Gasteiger partial charge in [0.05, 0.1) is 0 Å². The van der Waals surface area contributed by atoms with E-state index in [0.717, 1.165) is 21.8 Å². The van der Waals surface area contributed by atoms with Crippen molar-refractivity contribution in [2.24, 2.45) is 0 Å². The average molecular weight is 479 g/mol. The molecule has 174 valence electrons. The summed E-state index contributed by atoms with van der Waals surface area (Å²) in [7, 11) is 0. The topological polar surface area (TPSA) is 58.2 Å². The van der Waals surface area contributed by atoms with E-state index in [1.54, 1.807) is 42.1 Å². The zero-order valence-electron chi connectivity index (χ0n) is 19.4.